The van der Waals surface area contributed by atoms with Gasteiger partial charge in [-0.05, 0) is 6.42 Å². The summed E-state index contributed by atoms with van der Waals surface area (Å²) < 4.78 is 5.20. The quantitative estimate of drug-likeness (QED) is 0.554. The van der Waals surface area contributed by atoms with Crippen LogP contribution in [0.2, 0.25) is 0 Å². The summed E-state index contributed by atoms with van der Waals surface area (Å²) >= 11 is 0. The molecule has 0 bridgehead atoms. The van der Waals surface area contributed by atoms with Crippen molar-refractivity contribution in [3.05, 3.63) is 0 Å². The number of hydroxylamine groups is 2. The number of β-amino-alcohol motifs (C(OH)–C–C–N with tert-alkyl or cyclic N) is 1. The van der Waals surface area contributed by atoms with Crippen molar-refractivity contribution >= 4 is 0 Å². The smallest absolute Gasteiger partial charge is 0.0958 e. The van der Waals surface area contributed by atoms with Gasteiger partial charge in [-0.1, -0.05) is 0 Å². The Balaban J connectivity index is 1.85. The first kappa shape index (κ1) is 7.49. The molecule has 0 saturated carbocycles. The van der Waals surface area contributed by atoms with E-state index in [1.54, 1.807) is 0 Å². The van der Waals surface area contributed by atoms with Gasteiger partial charge in [-0.3, -0.25) is 4.84 Å². The van der Waals surface area contributed by atoms with E-state index in [2.05, 4.69) is 0 Å². The molecule has 4 nitrogen and oxygen atoms in total. The zero-order chi connectivity index (χ0) is 7.68. The number of nitrogens with zero attached hydrogens (tertiary/aromatic N) is 1. The molecule has 0 radical (unpaired) electrons. The van der Waals surface area contributed by atoms with Crippen LogP contribution in [0.5, 0.6) is 0 Å². The minimum atomic E-state index is -0.310. The van der Waals surface area contributed by atoms with E-state index < -0.39 is 0 Å². The lowest BCUT2D eigenvalue weighted by atomic mass is 10.2. The van der Waals surface area contributed by atoms with Crippen LogP contribution in [0.1, 0.15) is 6.42 Å². The van der Waals surface area contributed by atoms with E-state index in [-0.39, 0.29) is 6.10 Å². The first-order valence-electron chi connectivity index (χ1n) is 4.01. The lowest BCUT2D eigenvalue weighted by Gasteiger charge is -2.19. The van der Waals surface area contributed by atoms with Crippen LogP contribution in [0, 0.1) is 0 Å². The molecule has 2 saturated heterocycles. The SMILES string of the molecule is O[C@H]1CON(C2CCOC2)C1. The van der Waals surface area contributed by atoms with Gasteiger partial charge in [0.15, 0.2) is 0 Å². The molecule has 2 atom stereocenters. The third kappa shape index (κ3) is 1.54. The summed E-state index contributed by atoms with van der Waals surface area (Å²) in [5.74, 6) is 0. The number of aliphatic hydroxyl groups excluding tert-OH is 1. The van der Waals surface area contributed by atoms with Crippen LogP contribution in [-0.4, -0.2) is 48.7 Å². The Morgan fingerprint density at radius 3 is 2.82 bits per heavy atom. The number of rotatable bonds is 1. The van der Waals surface area contributed by atoms with Crippen LogP contribution in [-0.2, 0) is 9.57 Å². The van der Waals surface area contributed by atoms with Gasteiger partial charge in [0.05, 0.1) is 31.9 Å². The van der Waals surface area contributed by atoms with Crippen molar-refractivity contribution in [2.75, 3.05) is 26.4 Å². The maximum Gasteiger partial charge on any atom is 0.0958 e. The fourth-order valence-corrected chi connectivity index (χ4v) is 1.50. The molecule has 1 N–H and O–H groups in total. The molecule has 2 heterocycles. The molecule has 2 rings (SSSR count). The Bertz CT molecular complexity index is 136. The molecule has 0 aromatic rings. The maximum atomic E-state index is 9.15. The van der Waals surface area contributed by atoms with Crippen molar-refractivity contribution in [2.24, 2.45) is 0 Å². The summed E-state index contributed by atoms with van der Waals surface area (Å²) in [6.45, 7) is 2.64. The zero-order valence-electron chi connectivity index (χ0n) is 6.40. The van der Waals surface area contributed by atoms with Gasteiger partial charge >= 0.3 is 0 Å². The summed E-state index contributed by atoms with van der Waals surface area (Å²) in [4.78, 5) is 5.25. The molecule has 2 fully saturated rings. The van der Waals surface area contributed by atoms with Gasteiger partial charge in [-0.15, -0.1) is 0 Å². The monoisotopic (exact) mass is 159 g/mol. The van der Waals surface area contributed by atoms with Gasteiger partial charge in [0, 0.05) is 6.61 Å². The lowest BCUT2D eigenvalue weighted by molar-refractivity contribution is -0.140. The van der Waals surface area contributed by atoms with Crippen LogP contribution in [0.3, 0.4) is 0 Å². The van der Waals surface area contributed by atoms with E-state index >= 15 is 0 Å². The molecule has 64 valence electrons. The summed E-state index contributed by atoms with van der Waals surface area (Å²) in [5.41, 5.74) is 0. The van der Waals surface area contributed by atoms with Gasteiger partial charge < -0.3 is 9.84 Å². The molecule has 0 aromatic heterocycles. The van der Waals surface area contributed by atoms with Crippen LogP contribution >= 0.6 is 0 Å². The van der Waals surface area contributed by atoms with Crippen molar-refractivity contribution in [1.82, 2.24) is 5.06 Å². The van der Waals surface area contributed by atoms with Crippen molar-refractivity contribution in [3.8, 4) is 0 Å². The van der Waals surface area contributed by atoms with E-state index in [4.69, 9.17) is 14.7 Å². The molecule has 4 heteroatoms. The summed E-state index contributed by atoms with van der Waals surface area (Å²) in [6.07, 6.45) is 0.711. The molecule has 0 aliphatic carbocycles. The molecule has 2 aliphatic heterocycles. The fourth-order valence-electron chi connectivity index (χ4n) is 1.50. The van der Waals surface area contributed by atoms with Crippen LogP contribution in [0.25, 0.3) is 0 Å². The number of hydrogen-bond donors (Lipinski definition) is 1. The molecule has 11 heavy (non-hydrogen) atoms. The van der Waals surface area contributed by atoms with Crippen LogP contribution in [0.15, 0.2) is 0 Å². The zero-order valence-corrected chi connectivity index (χ0v) is 6.40. The largest absolute Gasteiger partial charge is 0.389 e. The molecule has 2 aliphatic rings. The first-order valence-corrected chi connectivity index (χ1v) is 4.01. The van der Waals surface area contributed by atoms with Crippen LogP contribution in [0.4, 0.5) is 0 Å². The number of hydrogen-bond acceptors (Lipinski definition) is 4. The second kappa shape index (κ2) is 3.06. The Kier molecular flexibility index (Phi) is 2.09. The van der Waals surface area contributed by atoms with Crippen molar-refractivity contribution in [3.63, 3.8) is 0 Å². The predicted molar refractivity (Wildman–Crippen MR) is 37.9 cm³/mol. The Hall–Kier alpha value is -0.160. The third-order valence-corrected chi connectivity index (χ3v) is 2.14. The highest BCUT2D eigenvalue weighted by molar-refractivity contribution is 4.75. The van der Waals surface area contributed by atoms with E-state index in [1.807, 2.05) is 5.06 Å². The summed E-state index contributed by atoms with van der Waals surface area (Å²) in [7, 11) is 0. The van der Waals surface area contributed by atoms with Crippen molar-refractivity contribution in [1.29, 1.82) is 0 Å². The highest BCUT2D eigenvalue weighted by Crippen LogP contribution is 2.16. The van der Waals surface area contributed by atoms with E-state index in [9.17, 15) is 0 Å². The van der Waals surface area contributed by atoms with E-state index in [0.717, 1.165) is 19.6 Å². The summed E-state index contributed by atoms with van der Waals surface area (Å²) in [5, 5.41) is 11.0. The van der Waals surface area contributed by atoms with Crippen molar-refractivity contribution < 1.29 is 14.7 Å². The Labute approximate surface area is 65.7 Å². The topological polar surface area (TPSA) is 41.9 Å². The molecular weight excluding hydrogens is 146 g/mol. The first-order chi connectivity index (χ1) is 5.36. The minimum Gasteiger partial charge on any atom is -0.389 e. The maximum absolute atomic E-state index is 9.15. The molecule has 0 aromatic carbocycles. The summed E-state index contributed by atoms with van der Waals surface area (Å²) in [6, 6.07) is 0.368. The second-order valence-corrected chi connectivity index (χ2v) is 3.07. The molecular formula is C7H13NO3. The van der Waals surface area contributed by atoms with Gasteiger partial charge in [-0.25, -0.2) is 0 Å². The molecule has 0 spiro atoms. The highest BCUT2D eigenvalue weighted by atomic mass is 16.7. The normalized spacial score (nSPS) is 40.1. The van der Waals surface area contributed by atoms with Gasteiger partial charge in [0.25, 0.3) is 0 Å². The molecule has 1 unspecified atom stereocenters. The molecule has 0 amide bonds. The Morgan fingerprint density at radius 1 is 1.36 bits per heavy atom. The third-order valence-electron chi connectivity index (χ3n) is 2.14. The second-order valence-electron chi connectivity index (χ2n) is 3.07. The predicted octanol–water partition coefficient (Wildman–Crippen LogP) is -0.617. The van der Waals surface area contributed by atoms with E-state index in [1.165, 1.54) is 0 Å². The number of aliphatic hydroxyl groups is 1. The number of ether oxygens (including phenoxy) is 1. The van der Waals surface area contributed by atoms with Gasteiger partial charge in [0.1, 0.15) is 0 Å². The van der Waals surface area contributed by atoms with Gasteiger partial charge in [0.2, 0.25) is 0 Å². The average Bonchev–Trinajstić information content (AvgIpc) is 2.55. The van der Waals surface area contributed by atoms with Crippen LogP contribution < -0.4 is 0 Å². The Morgan fingerprint density at radius 2 is 2.27 bits per heavy atom. The fraction of sp³-hybridized carbons (Fsp3) is 1.00. The minimum absolute atomic E-state index is 0.310. The highest BCUT2D eigenvalue weighted by Gasteiger charge is 2.30. The van der Waals surface area contributed by atoms with E-state index in [0.29, 0.717) is 19.2 Å². The van der Waals surface area contributed by atoms with Crippen molar-refractivity contribution in [2.45, 2.75) is 18.6 Å². The average molecular weight is 159 g/mol. The standard InChI is InChI=1S/C7H13NO3/c9-7-3-8(11-5-7)6-1-2-10-4-6/h6-7,9H,1-5H2/t6?,7-/m1/s1. The lowest BCUT2D eigenvalue weighted by Crippen LogP contribution is -2.33. The van der Waals surface area contributed by atoms with Gasteiger partial charge in [-0.2, -0.15) is 5.06 Å².